The van der Waals surface area contributed by atoms with E-state index < -0.39 is 7.26 Å². The largest absolute Gasteiger partial charge is 0.322 e. The molecule has 1 rings (SSSR count). The summed E-state index contributed by atoms with van der Waals surface area (Å²) >= 11 is 0. The van der Waals surface area contributed by atoms with Crippen LogP contribution in [-0.4, -0.2) is 31.6 Å². The number of aryl methyl sites for hydroxylation is 2. The van der Waals surface area contributed by atoms with Crippen molar-refractivity contribution in [2.24, 2.45) is 0 Å². The van der Waals surface area contributed by atoms with E-state index in [0.29, 0.717) is 6.16 Å². The minimum atomic E-state index is -1.14. The molecule has 1 amide bonds. The maximum atomic E-state index is 13.2. The van der Waals surface area contributed by atoms with Gasteiger partial charge in [0.1, 0.15) is 12.0 Å². The number of rotatable bonds is 4. The normalized spacial score (nSPS) is 11.4. The molecule has 1 aromatic rings. The Morgan fingerprint density at radius 3 is 2.22 bits per heavy atom. The molecule has 100 valence electrons. The molecule has 1 N–H and O–H groups in total. The molecule has 0 aromatic heterocycles. The maximum absolute atomic E-state index is 13.2. The fourth-order valence-electron chi connectivity index (χ4n) is 1.79. The van der Waals surface area contributed by atoms with Crippen LogP contribution < -0.4 is 5.32 Å². The number of carbonyl (C=O) groups excluding carboxylic acids is 1. The molecule has 0 aliphatic carbocycles. The number of anilines is 1. The molecule has 0 heterocycles. The number of benzene rings is 1. The summed E-state index contributed by atoms with van der Waals surface area (Å²) in [6, 6.07) is 2.89. The predicted molar refractivity (Wildman–Crippen MR) is 78.7 cm³/mol. The summed E-state index contributed by atoms with van der Waals surface area (Å²) < 4.78 is 13.2. The first-order chi connectivity index (χ1) is 8.25. The number of nitrogens with one attached hydrogen (secondary N) is 1. The predicted octanol–water partition coefficient (Wildman–Crippen LogP) is 3.68. The van der Waals surface area contributed by atoms with Crippen LogP contribution in [0.25, 0.3) is 0 Å². The summed E-state index contributed by atoms with van der Waals surface area (Å²) in [6.07, 6.45) is 1.64. The molecule has 0 radical (unpaired) electrons. The molecule has 0 saturated heterocycles. The highest BCUT2D eigenvalue weighted by molar-refractivity contribution is 7.75. The van der Waals surface area contributed by atoms with E-state index in [1.54, 1.807) is 0 Å². The molecule has 2 nitrogen and oxygen atoms in total. The lowest BCUT2D eigenvalue weighted by Crippen LogP contribution is -2.20. The van der Waals surface area contributed by atoms with Crippen molar-refractivity contribution in [3.05, 3.63) is 29.1 Å². The minimum Gasteiger partial charge on any atom is -0.322 e. The molecular weight excluding hydrogens is 248 g/mol. The van der Waals surface area contributed by atoms with Gasteiger partial charge in [0, 0.05) is 26.3 Å². The van der Waals surface area contributed by atoms with E-state index in [0.717, 1.165) is 23.0 Å². The van der Waals surface area contributed by atoms with Gasteiger partial charge in [0.05, 0.1) is 6.16 Å². The Kier molecular flexibility index (Phi) is 4.86. The van der Waals surface area contributed by atoms with Crippen molar-refractivity contribution in [3.63, 3.8) is 0 Å². The zero-order chi connectivity index (χ0) is 13.9. The van der Waals surface area contributed by atoms with Crippen LogP contribution in [0.4, 0.5) is 10.1 Å². The van der Waals surface area contributed by atoms with Gasteiger partial charge in [0.15, 0.2) is 0 Å². The topological polar surface area (TPSA) is 29.1 Å². The fraction of sp³-hybridized carbons (Fsp3) is 0.500. The smallest absolute Gasteiger partial charge is 0.261 e. The van der Waals surface area contributed by atoms with E-state index >= 15 is 0 Å². The first kappa shape index (κ1) is 15.1. The van der Waals surface area contributed by atoms with Crippen LogP contribution in [0.1, 0.15) is 18.1 Å². The van der Waals surface area contributed by atoms with Crippen LogP contribution in [0.15, 0.2) is 12.1 Å². The zero-order valence-corrected chi connectivity index (χ0v) is 12.7. The summed E-state index contributed by atoms with van der Waals surface area (Å²) in [5, 5.41) is 2.92. The number of amides is 1. The SMILES string of the molecule is CC[P+](C)(C)CC(=O)Nc1c(C)cc(F)cc1C. The van der Waals surface area contributed by atoms with Gasteiger partial charge < -0.3 is 5.32 Å². The number of hydrogen-bond donors (Lipinski definition) is 1. The van der Waals surface area contributed by atoms with Crippen molar-refractivity contribution in [3.8, 4) is 0 Å². The first-order valence-electron chi connectivity index (χ1n) is 6.14. The van der Waals surface area contributed by atoms with Gasteiger partial charge >= 0.3 is 0 Å². The minimum absolute atomic E-state index is 0.0352. The van der Waals surface area contributed by atoms with E-state index in [-0.39, 0.29) is 11.7 Å². The van der Waals surface area contributed by atoms with Gasteiger partial charge in [-0.3, -0.25) is 4.79 Å². The van der Waals surface area contributed by atoms with Crippen molar-refractivity contribution < 1.29 is 9.18 Å². The van der Waals surface area contributed by atoms with Crippen molar-refractivity contribution in [2.75, 3.05) is 31.0 Å². The molecule has 0 saturated carbocycles. The second kappa shape index (κ2) is 5.79. The van der Waals surface area contributed by atoms with Gasteiger partial charge in [-0.25, -0.2) is 4.39 Å². The Morgan fingerprint density at radius 1 is 1.28 bits per heavy atom. The van der Waals surface area contributed by atoms with Crippen LogP contribution in [0, 0.1) is 19.7 Å². The average molecular weight is 270 g/mol. The average Bonchev–Trinajstić information content (AvgIpc) is 2.22. The summed E-state index contributed by atoms with van der Waals surface area (Å²) in [7, 11) is -1.14. The molecule has 0 atom stereocenters. The lowest BCUT2D eigenvalue weighted by molar-refractivity contribution is -0.113. The first-order valence-corrected chi connectivity index (χ1v) is 9.19. The summed E-state index contributed by atoms with van der Waals surface area (Å²) in [5.74, 6) is -0.225. The molecule has 0 aliphatic heterocycles. The highest BCUT2D eigenvalue weighted by Gasteiger charge is 2.26. The Balaban J connectivity index is 2.83. The van der Waals surface area contributed by atoms with Gasteiger partial charge in [0.2, 0.25) is 0 Å². The van der Waals surface area contributed by atoms with Crippen molar-refractivity contribution in [1.82, 2.24) is 0 Å². The summed E-state index contributed by atoms with van der Waals surface area (Å²) in [6.45, 7) is 10.1. The molecule has 18 heavy (non-hydrogen) atoms. The zero-order valence-electron chi connectivity index (χ0n) is 11.8. The van der Waals surface area contributed by atoms with Gasteiger partial charge in [-0.05, 0) is 44.0 Å². The van der Waals surface area contributed by atoms with Gasteiger partial charge in [-0.15, -0.1) is 0 Å². The van der Waals surface area contributed by atoms with Crippen LogP contribution in [0.2, 0.25) is 0 Å². The molecule has 4 heteroatoms. The van der Waals surface area contributed by atoms with E-state index in [1.165, 1.54) is 12.1 Å². The Morgan fingerprint density at radius 2 is 1.78 bits per heavy atom. The summed E-state index contributed by atoms with van der Waals surface area (Å²) in [5.41, 5.74) is 2.29. The van der Waals surface area contributed by atoms with E-state index in [4.69, 9.17) is 0 Å². The maximum Gasteiger partial charge on any atom is 0.261 e. The second-order valence-electron chi connectivity index (χ2n) is 5.37. The van der Waals surface area contributed by atoms with Crippen molar-refractivity contribution in [1.29, 1.82) is 0 Å². The highest BCUT2D eigenvalue weighted by Crippen LogP contribution is 2.50. The number of carbonyl (C=O) groups is 1. The van der Waals surface area contributed by atoms with E-state index in [1.807, 2.05) is 13.8 Å². The molecule has 0 bridgehead atoms. The van der Waals surface area contributed by atoms with E-state index in [9.17, 15) is 9.18 Å². The lowest BCUT2D eigenvalue weighted by Gasteiger charge is -2.17. The highest BCUT2D eigenvalue weighted by atomic mass is 31.2. The number of halogens is 1. The fourth-order valence-corrected chi connectivity index (χ4v) is 2.87. The Labute approximate surface area is 109 Å². The molecule has 0 aliphatic rings. The van der Waals surface area contributed by atoms with Crippen molar-refractivity contribution >= 4 is 18.9 Å². The quantitative estimate of drug-likeness (QED) is 0.831. The van der Waals surface area contributed by atoms with Crippen LogP contribution in [0.3, 0.4) is 0 Å². The summed E-state index contributed by atoms with van der Waals surface area (Å²) in [4.78, 5) is 12.0. The van der Waals surface area contributed by atoms with Gasteiger partial charge in [0.25, 0.3) is 5.91 Å². The monoisotopic (exact) mass is 270 g/mol. The van der Waals surface area contributed by atoms with Gasteiger partial charge in [-0.2, -0.15) is 0 Å². The van der Waals surface area contributed by atoms with Crippen LogP contribution in [0.5, 0.6) is 0 Å². The van der Waals surface area contributed by atoms with Crippen LogP contribution in [-0.2, 0) is 4.79 Å². The van der Waals surface area contributed by atoms with Crippen LogP contribution >= 0.6 is 7.26 Å². The third-order valence-electron chi connectivity index (χ3n) is 3.19. The molecule has 0 unspecified atom stereocenters. The Hall–Kier alpha value is -0.950. The lowest BCUT2D eigenvalue weighted by atomic mass is 10.1. The second-order valence-corrected chi connectivity index (χ2v) is 10.2. The third kappa shape index (κ3) is 4.06. The standard InChI is InChI=1S/C14H21FNOP/c1-6-18(4,5)9-13(17)16-14-10(2)7-12(15)8-11(14)3/h7-8H,6,9H2,1-5H3/p+1. The molecular formula is C14H22FNOP+. The molecule has 1 aromatic carbocycles. The molecule has 0 fully saturated rings. The van der Waals surface area contributed by atoms with Gasteiger partial charge in [-0.1, -0.05) is 0 Å². The molecule has 0 spiro atoms. The number of hydrogen-bond acceptors (Lipinski definition) is 1. The Bertz CT molecular complexity index is 434. The third-order valence-corrected chi connectivity index (χ3v) is 6.04. The van der Waals surface area contributed by atoms with Crippen molar-refractivity contribution in [2.45, 2.75) is 20.8 Å². The van der Waals surface area contributed by atoms with E-state index in [2.05, 4.69) is 25.6 Å².